The minimum absolute atomic E-state index is 0.0780. The summed E-state index contributed by atoms with van der Waals surface area (Å²) in [5.41, 5.74) is 0.599. The zero-order valence-corrected chi connectivity index (χ0v) is 13.3. The number of nitrogens with zero attached hydrogens (tertiary/aromatic N) is 5. The molecule has 0 atom stereocenters. The van der Waals surface area contributed by atoms with Gasteiger partial charge in [-0.2, -0.15) is 5.10 Å². The molecule has 2 aromatic heterocycles. The lowest BCUT2D eigenvalue weighted by molar-refractivity contribution is 0.493. The van der Waals surface area contributed by atoms with E-state index in [4.69, 9.17) is 0 Å². The van der Waals surface area contributed by atoms with E-state index in [1.807, 2.05) is 26.0 Å². The van der Waals surface area contributed by atoms with E-state index < -0.39 is 0 Å². The predicted octanol–water partition coefficient (Wildman–Crippen LogP) is 2.38. The molecule has 0 saturated heterocycles. The van der Waals surface area contributed by atoms with E-state index in [0.29, 0.717) is 17.4 Å². The van der Waals surface area contributed by atoms with Crippen LogP contribution in [0.2, 0.25) is 0 Å². The van der Waals surface area contributed by atoms with E-state index in [1.54, 1.807) is 21.6 Å². The van der Waals surface area contributed by atoms with Gasteiger partial charge in [0, 0.05) is 10.5 Å². The minimum Gasteiger partial charge on any atom is -0.291 e. The predicted molar refractivity (Wildman–Crippen MR) is 83.2 cm³/mol. The summed E-state index contributed by atoms with van der Waals surface area (Å²) in [6.45, 7) is 4.41. The molecule has 0 aliphatic rings. The third kappa shape index (κ3) is 2.61. The molecule has 0 amide bonds. The van der Waals surface area contributed by atoms with Crippen molar-refractivity contribution in [2.45, 2.75) is 26.4 Å². The number of rotatable bonds is 3. The minimum atomic E-state index is -0.0780. The van der Waals surface area contributed by atoms with Crippen LogP contribution in [0.3, 0.4) is 0 Å². The molecule has 0 fully saturated rings. The quantitative estimate of drug-likeness (QED) is 0.729. The van der Waals surface area contributed by atoms with Crippen LogP contribution in [0.15, 0.2) is 40.1 Å². The summed E-state index contributed by atoms with van der Waals surface area (Å²) in [5.74, 6) is 0.741. The van der Waals surface area contributed by atoms with Crippen LogP contribution in [0.5, 0.6) is 0 Å². The summed E-state index contributed by atoms with van der Waals surface area (Å²) in [4.78, 5) is 21.1. The van der Waals surface area contributed by atoms with Gasteiger partial charge in [0.1, 0.15) is 12.2 Å². The van der Waals surface area contributed by atoms with E-state index in [-0.39, 0.29) is 11.6 Å². The Morgan fingerprint density at radius 3 is 2.86 bits per heavy atom. The van der Waals surface area contributed by atoms with Crippen molar-refractivity contribution in [3.8, 4) is 0 Å². The van der Waals surface area contributed by atoms with Gasteiger partial charge >= 0.3 is 0 Å². The molecule has 0 radical (unpaired) electrons. The van der Waals surface area contributed by atoms with Crippen molar-refractivity contribution in [3.05, 3.63) is 51.5 Å². The molecule has 3 aromatic rings. The SMILES string of the molecule is CC(C)n1ncnc1Cn1cnc2cc(Br)ccc2c1=O. The van der Waals surface area contributed by atoms with Crippen LogP contribution < -0.4 is 5.56 Å². The first-order valence-corrected chi connectivity index (χ1v) is 7.38. The molecule has 2 heterocycles. The monoisotopic (exact) mass is 347 g/mol. The van der Waals surface area contributed by atoms with Crippen LogP contribution in [-0.4, -0.2) is 24.3 Å². The van der Waals surface area contributed by atoms with Gasteiger partial charge in [0.25, 0.3) is 5.56 Å². The van der Waals surface area contributed by atoms with Crippen molar-refractivity contribution < 1.29 is 0 Å². The van der Waals surface area contributed by atoms with Crippen LogP contribution >= 0.6 is 15.9 Å². The Bertz CT molecular complexity index is 852. The van der Waals surface area contributed by atoms with Crippen molar-refractivity contribution >= 4 is 26.8 Å². The molecule has 21 heavy (non-hydrogen) atoms. The van der Waals surface area contributed by atoms with Gasteiger partial charge < -0.3 is 0 Å². The molecule has 1 aromatic carbocycles. The molecule has 108 valence electrons. The van der Waals surface area contributed by atoms with Crippen molar-refractivity contribution in [3.63, 3.8) is 0 Å². The number of halogens is 1. The van der Waals surface area contributed by atoms with Gasteiger partial charge in [0.2, 0.25) is 0 Å². The van der Waals surface area contributed by atoms with E-state index in [9.17, 15) is 4.79 Å². The zero-order valence-electron chi connectivity index (χ0n) is 11.7. The first kappa shape index (κ1) is 13.9. The highest BCUT2D eigenvalue weighted by Crippen LogP contribution is 2.15. The summed E-state index contributed by atoms with van der Waals surface area (Å²) < 4.78 is 4.26. The van der Waals surface area contributed by atoms with Crippen molar-refractivity contribution in [1.29, 1.82) is 0 Å². The maximum Gasteiger partial charge on any atom is 0.261 e. The lowest BCUT2D eigenvalue weighted by Crippen LogP contribution is -2.23. The van der Waals surface area contributed by atoms with E-state index in [0.717, 1.165) is 10.3 Å². The second-order valence-electron chi connectivity index (χ2n) is 5.05. The fourth-order valence-corrected chi connectivity index (χ4v) is 2.56. The van der Waals surface area contributed by atoms with Gasteiger partial charge in [-0.15, -0.1) is 0 Å². The number of fused-ring (bicyclic) bond motifs is 1. The number of hydrogen-bond acceptors (Lipinski definition) is 4. The standard InChI is InChI=1S/C14H14BrN5O/c1-9(2)20-13(16-7-18-20)6-19-8-17-12-5-10(15)3-4-11(12)14(19)21/h3-5,7-9H,6H2,1-2H3. The molecule has 0 aliphatic heterocycles. The number of hydrogen-bond donors (Lipinski definition) is 0. The molecule has 0 spiro atoms. The molecule has 7 heteroatoms. The zero-order chi connectivity index (χ0) is 15.0. The van der Waals surface area contributed by atoms with Gasteiger partial charge in [-0.1, -0.05) is 15.9 Å². The highest BCUT2D eigenvalue weighted by atomic mass is 79.9. The molecular weight excluding hydrogens is 334 g/mol. The lowest BCUT2D eigenvalue weighted by Gasteiger charge is -2.10. The smallest absolute Gasteiger partial charge is 0.261 e. The Balaban J connectivity index is 2.05. The summed E-state index contributed by atoms with van der Waals surface area (Å²) in [6.07, 6.45) is 3.06. The van der Waals surface area contributed by atoms with Gasteiger partial charge in [0.05, 0.1) is 23.8 Å². The lowest BCUT2D eigenvalue weighted by atomic mass is 10.2. The van der Waals surface area contributed by atoms with E-state index in [2.05, 4.69) is 31.0 Å². The molecule has 0 unspecified atom stereocenters. The Kier molecular flexibility index (Phi) is 3.59. The molecule has 3 rings (SSSR count). The van der Waals surface area contributed by atoms with Crippen LogP contribution in [-0.2, 0) is 6.54 Å². The number of aromatic nitrogens is 5. The van der Waals surface area contributed by atoms with Gasteiger partial charge in [-0.05, 0) is 32.0 Å². The first-order chi connectivity index (χ1) is 10.1. The summed E-state index contributed by atoms with van der Waals surface area (Å²) in [5, 5.41) is 4.77. The van der Waals surface area contributed by atoms with Crippen LogP contribution in [0.1, 0.15) is 25.7 Å². The third-order valence-corrected chi connectivity index (χ3v) is 3.73. The summed E-state index contributed by atoms with van der Waals surface area (Å²) in [7, 11) is 0. The molecular formula is C14H14BrN5O. The third-order valence-electron chi connectivity index (χ3n) is 3.24. The maximum atomic E-state index is 12.5. The van der Waals surface area contributed by atoms with Gasteiger partial charge in [0.15, 0.2) is 0 Å². The second kappa shape index (κ2) is 5.40. The Labute approximate surface area is 129 Å². The van der Waals surface area contributed by atoms with Crippen molar-refractivity contribution in [2.75, 3.05) is 0 Å². The Morgan fingerprint density at radius 1 is 1.29 bits per heavy atom. The molecule has 6 nitrogen and oxygen atoms in total. The van der Waals surface area contributed by atoms with E-state index in [1.165, 1.54) is 6.33 Å². The van der Waals surface area contributed by atoms with Crippen LogP contribution in [0, 0.1) is 0 Å². The van der Waals surface area contributed by atoms with Crippen molar-refractivity contribution in [1.82, 2.24) is 24.3 Å². The second-order valence-corrected chi connectivity index (χ2v) is 5.97. The fourth-order valence-electron chi connectivity index (χ4n) is 2.22. The highest BCUT2D eigenvalue weighted by molar-refractivity contribution is 9.10. The number of benzene rings is 1. The molecule has 0 bridgehead atoms. The first-order valence-electron chi connectivity index (χ1n) is 6.59. The van der Waals surface area contributed by atoms with Crippen LogP contribution in [0.4, 0.5) is 0 Å². The summed E-state index contributed by atoms with van der Waals surface area (Å²) in [6, 6.07) is 5.64. The molecule has 0 aliphatic carbocycles. The van der Waals surface area contributed by atoms with Crippen molar-refractivity contribution in [2.24, 2.45) is 0 Å². The topological polar surface area (TPSA) is 65.6 Å². The van der Waals surface area contributed by atoms with Crippen LogP contribution in [0.25, 0.3) is 10.9 Å². The highest BCUT2D eigenvalue weighted by Gasteiger charge is 2.11. The fraction of sp³-hybridized carbons (Fsp3) is 0.286. The van der Waals surface area contributed by atoms with Gasteiger partial charge in [-0.25, -0.2) is 14.6 Å². The average molecular weight is 348 g/mol. The normalized spacial score (nSPS) is 11.4. The summed E-state index contributed by atoms with van der Waals surface area (Å²) >= 11 is 3.38. The Hall–Kier alpha value is -2.02. The largest absolute Gasteiger partial charge is 0.291 e. The maximum absolute atomic E-state index is 12.5. The van der Waals surface area contributed by atoms with E-state index >= 15 is 0 Å². The average Bonchev–Trinajstić information content (AvgIpc) is 2.90. The van der Waals surface area contributed by atoms with Gasteiger partial charge in [-0.3, -0.25) is 9.36 Å². The molecule has 0 saturated carbocycles. The molecule has 0 N–H and O–H groups in total. The Morgan fingerprint density at radius 2 is 2.10 bits per heavy atom.